The molecule has 0 radical (unpaired) electrons. The van der Waals surface area contributed by atoms with Gasteiger partial charge in [-0.3, -0.25) is 4.79 Å². The Labute approximate surface area is 74.4 Å². The maximum Gasteiger partial charge on any atom is 0.326 e. The first-order chi connectivity index (χ1) is 5.52. The molecule has 1 saturated heterocycles. The molecule has 0 aromatic rings. The first-order valence-corrected chi connectivity index (χ1v) is 3.87. The van der Waals surface area contributed by atoms with Crippen LogP contribution in [0, 0.1) is 0 Å². The molecule has 1 aliphatic heterocycles. The summed E-state index contributed by atoms with van der Waals surface area (Å²) < 4.78 is 0. The number of carbonyl (C=O) groups excluding carboxylic acids is 1. The highest BCUT2D eigenvalue weighted by Crippen LogP contribution is 2.19. The number of aliphatic carboxylic acids is 1. The lowest BCUT2D eigenvalue weighted by Gasteiger charge is -2.17. The average Bonchev–Trinajstić information content (AvgIpc) is 2.31. The molecule has 12 heavy (non-hydrogen) atoms. The van der Waals surface area contributed by atoms with E-state index in [4.69, 9.17) is 10.2 Å². The molecule has 1 aliphatic rings. The third-order valence-electron chi connectivity index (χ3n) is 1.81. The van der Waals surface area contributed by atoms with Gasteiger partial charge in [0.2, 0.25) is 0 Å². The molecule has 0 aromatic heterocycles. The lowest BCUT2D eigenvalue weighted by molar-refractivity contribution is -0.141. The lowest BCUT2D eigenvalue weighted by Crippen LogP contribution is -2.37. The number of amides is 1. The SMILES string of the molecule is O=C(O)[C@@H]1C[C@H](O)CN1C(=O)S. The van der Waals surface area contributed by atoms with Crippen molar-refractivity contribution in [1.82, 2.24) is 4.90 Å². The van der Waals surface area contributed by atoms with Gasteiger partial charge in [0, 0.05) is 13.0 Å². The average molecular weight is 191 g/mol. The minimum atomic E-state index is -1.10. The Morgan fingerprint density at radius 1 is 1.50 bits per heavy atom. The van der Waals surface area contributed by atoms with Crippen LogP contribution in [0.4, 0.5) is 4.79 Å². The van der Waals surface area contributed by atoms with Crippen molar-refractivity contribution >= 4 is 23.8 Å². The van der Waals surface area contributed by atoms with E-state index in [1.165, 1.54) is 0 Å². The Bertz CT molecular complexity index is 198. The van der Waals surface area contributed by atoms with Crippen molar-refractivity contribution in [3.63, 3.8) is 0 Å². The minimum Gasteiger partial charge on any atom is -0.480 e. The molecule has 1 amide bonds. The van der Waals surface area contributed by atoms with Crippen molar-refractivity contribution in [3.8, 4) is 0 Å². The van der Waals surface area contributed by atoms with E-state index in [0.29, 0.717) is 0 Å². The van der Waals surface area contributed by atoms with Gasteiger partial charge in [0.1, 0.15) is 6.04 Å². The van der Waals surface area contributed by atoms with Gasteiger partial charge in [0.15, 0.2) is 0 Å². The van der Waals surface area contributed by atoms with E-state index in [0.717, 1.165) is 4.90 Å². The van der Waals surface area contributed by atoms with Crippen molar-refractivity contribution in [2.24, 2.45) is 0 Å². The summed E-state index contributed by atoms with van der Waals surface area (Å²) in [4.78, 5) is 22.3. The molecular formula is C6H9NO4S. The summed E-state index contributed by atoms with van der Waals surface area (Å²) in [7, 11) is 0. The molecular weight excluding hydrogens is 182 g/mol. The Morgan fingerprint density at radius 3 is 2.42 bits per heavy atom. The van der Waals surface area contributed by atoms with E-state index in [-0.39, 0.29) is 13.0 Å². The van der Waals surface area contributed by atoms with Crippen molar-refractivity contribution in [2.75, 3.05) is 6.54 Å². The fraction of sp³-hybridized carbons (Fsp3) is 0.667. The van der Waals surface area contributed by atoms with Crippen molar-refractivity contribution in [3.05, 3.63) is 0 Å². The summed E-state index contributed by atoms with van der Waals surface area (Å²) in [5.74, 6) is -1.10. The van der Waals surface area contributed by atoms with Gasteiger partial charge in [0.25, 0.3) is 5.24 Å². The summed E-state index contributed by atoms with van der Waals surface area (Å²) in [5, 5.41) is 17.1. The molecule has 0 aliphatic carbocycles. The molecule has 2 atom stereocenters. The number of carboxylic acids is 1. The second-order valence-corrected chi connectivity index (χ2v) is 3.06. The number of β-amino-alcohol motifs (C(OH)–C–C–N with tert-alkyl or cyclic N) is 1. The summed E-state index contributed by atoms with van der Waals surface area (Å²) in [6.07, 6.45) is -0.663. The number of aliphatic hydroxyl groups excluding tert-OH is 1. The molecule has 68 valence electrons. The summed E-state index contributed by atoms with van der Waals surface area (Å²) in [6.45, 7) is 0.0549. The van der Waals surface area contributed by atoms with Gasteiger partial charge >= 0.3 is 5.97 Å². The number of nitrogens with zero attached hydrogens (tertiary/aromatic N) is 1. The van der Waals surface area contributed by atoms with Crippen molar-refractivity contribution < 1.29 is 19.8 Å². The Kier molecular flexibility index (Phi) is 2.58. The Balaban J connectivity index is 2.72. The number of carbonyl (C=O) groups is 2. The monoisotopic (exact) mass is 191 g/mol. The number of hydrogen-bond donors (Lipinski definition) is 3. The highest BCUT2D eigenvalue weighted by atomic mass is 32.1. The van der Waals surface area contributed by atoms with Crippen LogP contribution in [0.15, 0.2) is 0 Å². The third kappa shape index (κ3) is 1.70. The smallest absolute Gasteiger partial charge is 0.326 e. The molecule has 0 unspecified atom stereocenters. The Hall–Kier alpha value is -0.750. The number of thiol groups is 1. The van der Waals surface area contributed by atoms with Crippen molar-refractivity contribution in [2.45, 2.75) is 18.6 Å². The number of rotatable bonds is 1. The summed E-state index contributed by atoms with van der Waals surface area (Å²) in [5.41, 5.74) is 0. The fourth-order valence-electron chi connectivity index (χ4n) is 1.26. The molecule has 2 N–H and O–H groups in total. The van der Waals surface area contributed by atoms with Gasteiger partial charge in [-0.2, -0.15) is 0 Å². The van der Waals surface area contributed by atoms with Gasteiger partial charge < -0.3 is 15.1 Å². The summed E-state index contributed by atoms with van der Waals surface area (Å²) in [6, 6.07) is -0.926. The molecule has 5 nitrogen and oxygen atoms in total. The molecule has 1 heterocycles. The molecule has 0 saturated carbocycles. The maximum absolute atomic E-state index is 10.7. The predicted molar refractivity (Wildman–Crippen MR) is 43.1 cm³/mol. The zero-order valence-electron chi connectivity index (χ0n) is 6.17. The number of carboxylic acid groups (broad SMARTS) is 1. The van der Waals surface area contributed by atoms with E-state index in [9.17, 15) is 9.59 Å². The number of hydrogen-bond acceptors (Lipinski definition) is 3. The Morgan fingerprint density at radius 2 is 2.08 bits per heavy atom. The number of likely N-dealkylation sites (tertiary alicyclic amines) is 1. The molecule has 0 bridgehead atoms. The van der Waals surface area contributed by atoms with Gasteiger partial charge in [-0.1, -0.05) is 12.6 Å². The molecule has 1 rings (SSSR count). The lowest BCUT2D eigenvalue weighted by atomic mass is 10.2. The van der Waals surface area contributed by atoms with Crippen LogP contribution in [0.1, 0.15) is 6.42 Å². The molecule has 0 aromatic carbocycles. The van der Waals surface area contributed by atoms with Crippen LogP contribution in [0.25, 0.3) is 0 Å². The number of aliphatic hydroxyl groups is 1. The van der Waals surface area contributed by atoms with Crippen LogP contribution in [0.5, 0.6) is 0 Å². The topological polar surface area (TPSA) is 77.8 Å². The van der Waals surface area contributed by atoms with Crippen LogP contribution in [0.3, 0.4) is 0 Å². The second kappa shape index (κ2) is 3.32. The largest absolute Gasteiger partial charge is 0.480 e. The van der Waals surface area contributed by atoms with Crippen molar-refractivity contribution in [1.29, 1.82) is 0 Å². The molecule has 6 heteroatoms. The van der Waals surface area contributed by atoms with Crippen LogP contribution >= 0.6 is 12.6 Å². The quantitative estimate of drug-likeness (QED) is 0.491. The van der Waals surface area contributed by atoms with E-state index < -0.39 is 23.4 Å². The highest BCUT2D eigenvalue weighted by molar-refractivity contribution is 7.96. The highest BCUT2D eigenvalue weighted by Gasteiger charge is 2.37. The zero-order valence-corrected chi connectivity index (χ0v) is 7.07. The van der Waals surface area contributed by atoms with Gasteiger partial charge in [-0.15, -0.1) is 0 Å². The zero-order chi connectivity index (χ0) is 9.30. The van der Waals surface area contributed by atoms with Crippen LogP contribution in [-0.2, 0) is 4.79 Å². The standard InChI is InChI=1S/C6H9NO4S/c8-3-1-4(5(9)10)7(2-3)6(11)12/h3-4,8H,1-2H2,(H,9,10)(H,11,12)/t3-,4-/m0/s1. The second-order valence-electron chi connectivity index (χ2n) is 2.68. The summed E-state index contributed by atoms with van der Waals surface area (Å²) >= 11 is 3.50. The minimum absolute atomic E-state index is 0.0549. The first kappa shape index (κ1) is 9.34. The van der Waals surface area contributed by atoms with Crippen LogP contribution < -0.4 is 0 Å². The van der Waals surface area contributed by atoms with E-state index in [2.05, 4.69) is 12.6 Å². The third-order valence-corrected chi connectivity index (χ3v) is 2.07. The van der Waals surface area contributed by atoms with E-state index in [1.54, 1.807) is 0 Å². The first-order valence-electron chi connectivity index (χ1n) is 3.43. The van der Waals surface area contributed by atoms with E-state index >= 15 is 0 Å². The van der Waals surface area contributed by atoms with Crippen LogP contribution in [0.2, 0.25) is 0 Å². The maximum atomic E-state index is 10.7. The van der Waals surface area contributed by atoms with Gasteiger partial charge in [0.05, 0.1) is 6.10 Å². The van der Waals surface area contributed by atoms with Gasteiger partial charge in [-0.25, -0.2) is 4.79 Å². The van der Waals surface area contributed by atoms with Gasteiger partial charge in [-0.05, 0) is 0 Å². The van der Waals surface area contributed by atoms with Crippen LogP contribution in [-0.4, -0.2) is 45.0 Å². The fourth-order valence-corrected chi connectivity index (χ4v) is 1.48. The predicted octanol–water partition coefficient (Wildman–Crippen LogP) is -0.444. The molecule has 1 fully saturated rings. The normalized spacial score (nSPS) is 29.0. The van der Waals surface area contributed by atoms with E-state index in [1.807, 2.05) is 0 Å². The molecule has 0 spiro atoms.